The maximum absolute atomic E-state index is 14.7. The summed E-state index contributed by atoms with van der Waals surface area (Å²) in [6.45, 7) is 4.53. The Hall–Kier alpha value is -3.74. The molecule has 0 heterocycles. The number of hydrogen-bond acceptors (Lipinski definition) is 3. The van der Waals surface area contributed by atoms with Crippen LogP contribution in [0.25, 0.3) is 11.1 Å². The van der Waals surface area contributed by atoms with Crippen LogP contribution >= 0.6 is 0 Å². The molecule has 31 heavy (non-hydrogen) atoms. The Morgan fingerprint density at radius 2 is 1.58 bits per heavy atom. The monoisotopic (exact) mass is 425 g/mol. The molecule has 3 aromatic rings. The average Bonchev–Trinajstić information content (AvgIpc) is 2.74. The summed E-state index contributed by atoms with van der Waals surface area (Å²) in [4.78, 5) is 23.7. The van der Waals surface area contributed by atoms with Crippen molar-refractivity contribution in [2.45, 2.75) is 13.8 Å². The van der Waals surface area contributed by atoms with E-state index < -0.39 is 29.2 Å². The van der Waals surface area contributed by atoms with Crippen molar-refractivity contribution in [2.75, 3.05) is 11.9 Å². The largest absolute Gasteiger partial charge is 0.493 e. The van der Waals surface area contributed by atoms with E-state index in [1.165, 1.54) is 24.3 Å². The second kappa shape index (κ2) is 9.38. The molecule has 1 amide bonds. The number of carboxylic acid groups (broad SMARTS) is 1. The van der Waals surface area contributed by atoms with Gasteiger partial charge in [-0.25, -0.2) is 13.6 Å². The Balaban J connectivity index is 1.87. The first kappa shape index (κ1) is 22.0. The number of nitrogens with one attached hydrogen (secondary N) is 1. The first-order chi connectivity index (χ1) is 14.8. The van der Waals surface area contributed by atoms with E-state index in [1.54, 1.807) is 24.3 Å². The first-order valence-corrected chi connectivity index (χ1v) is 9.62. The molecule has 0 saturated carbocycles. The summed E-state index contributed by atoms with van der Waals surface area (Å²) in [5, 5.41) is 11.3. The van der Waals surface area contributed by atoms with Gasteiger partial charge in [-0.15, -0.1) is 0 Å². The van der Waals surface area contributed by atoms with Crippen molar-refractivity contribution in [3.63, 3.8) is 0 Å². The predicted molar refractivity (Wildman–Crippen MR) is 113 cm³/mol. The van der Waals surface area contributed by atoms with E-state index in [-0.39, 0.29) is 16.7 Å². The van der Waals surface area contributed by atoms with Crippen molar-refractivity contribution in [1.82, 2.24) is 0 Å². The number of anilines is 1. The smallest absolute Gasteiger partial charge is 0.336 e. The van der Waals surface area contributed by atoms with E-state index in [0.29, 0.717) is 23.8 Å². The number of halogens is 2. The molecule has 0 unspecified atom stereocenters. The standard InChI is InChI=1S/C24H21F2NO4/c1-14(2)13-31-17-7-5-6-15(10-17)16-11-20(25)22(21(26)12-16)27-23(28)18-8-3-4-9-19(18)24(29)30/h3-12,14H,13H2,1-2H3,(H,27,28)(H,29,30). The number of carbonyl (C=O) groups is 2. The van der Waals surface area contributed by atoms with Crippen LogP contribution in [0.2, 0.25) is 0 Å². The van der Waals surface area contributed by atoms with Gasteiger partial charge in [-0.3, -0.25) is 4.79 Å². The molecule has 0 radical (unpaired) electrons. The molecule has 0 aliphatic heterocycles. The van der Waals surface area contributed by atoms with Gasteiger partial charge in [0.2, 0.25) is 0 Å². The summed E-state index contributed by atoms with van der Waals surface area (Å²) < 4.78 is 35.0. The minimum Gasteiger partial charge on any atom is -0.493 e. The van der Waals surface area contributed by atoms with Crippen molar-refractivity contribution in [1.29, 1.82) is 0 Å². The van der Waals surface area contributed by atoms with Crippen LogP contribution in [-0.2, 0) is 0 Å². The van der Waals surface area contributed by atoms with Gasteiger partial charge in [-0.05, 0) is 53.4 Å². The van der Waals surface area contributed by atoms with Crippen LogP contribution in [0.3, 0.4) is 0 Å². The van der Waals surface area contributed by atoms with Gasteiger partial charge in [0.25, 0.3) is 5.91 Å². The van der Waals surface area contributed by atoms with Gasteiger partial charge in [-0.2, -0.15) is 0 Å². The zero-order chi connectivity index (χ0) is 22.5. The van der Waals surface area contributed by atoms with E-state index >= 15 is 0 Å². The quantitative estimate of drug-likeness (QED) is 0.515. The number of carboxylic acids is 1. The molecule has 0 atom stereocenters. The molecule has 2 N–H and O–H groups in total. The minimum atomic E-state index is -1.32. The van der Waals surface area contributed by atoms with Gasteiger partial charge in [0.05, 0.1) is 17.7 Å². The molecule has 0 fully saturated rings. The summed E-state index contributed by atoms with van der Waals surface area (Å²) in [5.41, 5.74) is -0.299. The van der Waals surface area contributed by atoms with E-state index in [9.17, 15) is 23.5 Å². The number of ether oxygens (including phenoxy) is 1. The topological polar surface area (TPSA) is 75.6 Å². The van der Waals surface area contributed by atoms with Gasteiger partial charge in [0.1, 0.15) is 23.1 Å². The average molecular weight is 425 g/mol. The lowest BCUT2D eigenvalue weighted by atomic mass is 10.0. The van der Waals surface area contributed by atoms with Gasteiger partial charge < -0.3 is 15.2 Å². The first-order valence-electron chi connectivity index (χ1n) is 9.62. The van der Waals surface area contributed by atoms with E-state index in [2.05, 4.69) is 5.32 Å². The third-order valence-corrected chi connectivity index (χ3v) is 4.43. The van der Waals surface area contributed by atoms with E-state index in [1.807, 2.05) is 13.8 Å². The molecule has 0 saturated heterocycles. The van der Waals surface area contributed by atoms with Crippen molar-refractivity contribution < 1.29 is 28.2 Å². The molecule has 0 aromatic heterocycles. The van der Waals surface area contributed by atoms with Crippen molar-refractivity contribution in [3.8, 4) is 16.9 Å². The maximum Gasteiger partial charge on any atom is 0.336 e. The SMILES string of the molecule is CC(C)COc1cccc(-c2cc(F)c(NC(=O)c3ccccc3C(=O)O)c(F)c2)c1. The molecule has 3 rings (SSSR count). The highest BCUT2D eigenvalue weighted by atomic mass is 19.1. The van der Waals surface area contributed by atoms with Gasteiger partial charge in [0, 0.05) is 0 Å². The fourth-order valence-electron chi connectivity index (χ4n) is 2.94. The van der Waals surface area contributed by atoms with Crippen LogP contribution in [-0.4, -0.2) is 23.6 Å². The summed E-state index contributed by atoms with van der Waals surface area (Å²) in [7, 11) is 0. The number of benzene rings is 3. The van der Waals surface area contributed by atoms with E-state index in [4.69, 9.17) is 4.74 Å². The van der Waals surface area contributed by atoms with Crippen LogP contribution in [0.15, 0.2) is 60.7 Å². The molecule has 0 bridgehead atoms. The van der Waals surface area contributed by atoms with Gasteiger partial charge in [0.15, 0.2) is 0 Å². The summed E-state index contributed by atoms with van der Waals surface area (Å²) in [6, 6.07) is 14.5. The molecule has 160 valence electrons. The van der Waals surface area contributed by atoms with Gasteiger partial charge in [-0.1, -0.05) is 38.1 Å². The van der Waals surface area contributed by atoms with Crippen LogP contribution in [0.1, 0.15) is 34.6 Å². The molecule has 5 nitrogen and oxygen atoms in total. The highest BCUT2D eigenvalue weighted by Crippen LogP contribution is 2.30. The summed E-state index contributed by atoms with van der Waals surface area (Å²) in [6.07, 6.45) is 0. The van der Waals surface area contributed by atoms with Crippen LogP contribution < -0.4 is 10.1 Å². The molecular weight excluding hydrogens is 404 g/mol. The van der Waals surface area contributed by atoms with Crippen molar-refractivity contribution >= 4 is 17.6 Å². The second-order valence-electron chi connectivity index (χ2n) is 7.35. The molecule has 3 aromatic carbocycles. The minimum absolute atomic E-state index is 0.201. The summed E-state index contributed by atoms with van der Waals surface area (Å²) in [5.74, 6) is -3.30. The Morgan fingerprint density at radius 3 is 2.19 bits per heavy atom. The van der Waals surface area contributed by atoms with Crippen LogP contribution in [0.4, 0.5) is 14.5 Å². The van der Waals surface area contributed by atoms with Crippen molar-refractivity contribution in [2.24, 2.45) is 5.92 Å². The maximum atomic E-state index is 14.7. The number of carbonyl (C=O) groups excluding carboxylic acids is 1. The number of aromatic carboxylic acids is 1. The Morgan fingerprint density at radius 1 is 0.935 bits per heavy atom. The Labute approximate surface area is 178 Å². The molecule has 0 spiro atoms. The third kappa shape index (κ3) is 5.25. The summed E-state index contributed by atoms with van der Waals surface area (Å²) >= 11 is 0. The highest BCUT2D eigenvalue weighted by Gasteiger charge is 2.20. The zero-order valence-corrected chi connectivity index (χ0v) is 17.0. The number of hydrogen-bond donors (Lipinski definition) is 2. The van der Waals surface area contributed by atoms with E-state index in [0.717, 1.165) is 12.1 Å². The molecule has 0 aliphatic carbocycles. The fourth-order valence-corrected chi connectivity index (χ4v) is 2.94. The Bertz CT molecular complexity index is 1110. The zero-order valence-electron chi connectivity index (χ0n) is 17.0. The second-order valence-corrected chi connectivity index (χ2v) is 7.35. The fraction of sp³-hybridized carbons (Fsp3) is 0.167. The van der Waals surface area contributed by atoms with Gasteiger partial charge >= 0.3 is 5.97 Å². The number of amides is 1. The van der Waals surface area contributed by atoms with Crippen LogP contribution in [0, 0.1) is 17.6 Å². The molecular formula is C24H21F2NO4. The molecule has 7 heteroatoms. The lowest BCUT2D eigenvalue weighted by Crippen LogP contribution is -2.18. The van der Waals surface area contributed by atoms with Crippen LogP contribution in [0.5, 0.6) is 5.75 Å². The lowest BCUT2D eigenvalue weighted by molar-refractivity contribution is 0.0692. The lowest BCUT2D eigenvalue weighted by Gasteiger charge is -2.13. The Kier molecular flexibility index (Phi) is 6.65. The predicted octanol–water partition coefficient (Wildman–Crippen LogP) is 5.62. The third-order valence-electron chi connectivity index (χ3n) is 4.43. The molecule has 0 aliphatic rings. The normalized spacial score (nSPS) is 10.7. The number of rotatable bonds is 7. The highest BCUT2D eigenvalue weighted by molar-refractivity contribution is 6.10. The van der Waals surface area contributed by atoms with Crippen molar-refractivity contribution in [3.05, 3.63) is 83.4 Å².